The van der Waals surface area contributed by atoms with Crippen LogP contribution >= 0.6 is 0 Å². The van der Waals surface area contributed by atoms with Crippen LogP contribution in [0.5, 0.6) is 0 Å². The summed E-state index contributed by atoms with van der Waals surface area (Å²) in [5, 5.41) is 2.42. The van der Waals surface area contributed by atoms with Crippen molar-refractivity contribution >= 4 is 12.1 Å². The molecule has 1 aromatic carbocycles. The molecule has 0 bridgehead atoms. The quantitative estimate of drug-likeness (QED) is 0.629. The second-order valence-corrected chi connectivity index (χ2v) is 7.26. The van der Waals surface area contributed by atoms with E-state index in [1.54, 1.807) is 0 Å². The first-order valence-corrected chi connectivity index (χ1v) is 9.15. The maximum Gasteiger partial charge on any atom is 0.409 e. The highest BCUT2D eigenvalue weighted by Crippen LogP contribution is 2.61. The number of carbonyl (C=O) groups is 2. The zero-order valence-electron chi connectivity index (χ0n) is 15.3. The van der Waals surface area contributed by atoms with Gasteiger partial charge in [-0.2, -0.15) is 0 Å². The van der Waals surface area contributed by atoms with Crippen LogP contribution in [0.3, 0.4) is 0 Å². The summed E-state index contributed by atoms with van der Waals surface area (Å²) >= 11 is 0. The molecular weight excluding hydrogens is 350 g/mol. The predicted molar refractivity (Wildman–Crippen MR) is 94.5 cm³/mol. The van der Waals surface area contributed by atoms with Crippen LogP contribution in [0, 0.1) is 11.8 Å². The Bertz CT molecular complexity index is 763. The van der Waals surface area contributed by atoms with Gasteiger partial charge in [0.1, 0.15) is 5.60 Å². The number of rotatable bonds is 5. The fourth-order valence-corrected chi connectivity index (χ4v) is 4.17. The van der Waals surface area contributed by atoms with E-state index in [9.17, 15) is 9.59 Å². The maximum absolute atomic E-state index is 12.6. The van der Waals surface area contributed by atoms with Gasteiger partial charge in [0, 0.05) is 19.4 Å². The van der Waals surface area contributed by atoms with E-state index in [0.717, 1.165) is 5.56 Å². The summed E-state index contributed by atoms with van der Waals surface area (Å²) < 4.78 is 22.2. The lowest BCUT2D eigenvalue weighted by molar-refractivity contribution is -0.151. The Morgan fingerprint density at radius 2 is 2.07 bits per heavy atom. The first-order valence-electron chi connectivity index (χ1n) is 9.15. The SMILES string of the molecule is CNC(=O)O[C@@H]1OC=C(C(=O)OCCc2ccccc2)[C@H]2C[C@@H]3O[C@]3(C)[C@H]12. The van der Waals surface area contributed by atoms with Gasteiger partial charge in [0.2, 0.25) is 0 Å². The number of hydrogen-bond acceptors (Lipinski definition) is 6. The van der Waals surface area contributed by atoms with E-state index in [0.29, 0.717) is 25.0 Å². The molecule has 1 N–H and O–H groups in total. The Hall–Kier alpha value is -2.54. The minimum atomic E-state index is -0.784. The average Bonchev–Trinajstić information content (AvgIpc) is 3.23. The summed E-state index contributed by atoms with van der Waals surface area (Å²) in [6.45, 7) is 2.27. The zero-order valence-corrected chi connectivity index (χ0v) is 15.3. The van der Waals surface area contributed by atoms with Gasteiger partial charge in [-0.15, -0.1) is 0 Å². The molecule has 27 heavy (non-hydrogen) atoms. The van der Waals surface area contributed by atoms with Crippen molar-refractivity contribution in [2.24, 2.45) is 11.8 Å². The van der Waals surface area contributed by atoms with E-state index in [2.05, 4.69) is 5.32 Å². The number of amides is 1. The lowest BCUT2D eigenvalue weighted by atomic mass is 9.82. The van der Waals surface area contributed by atoms with E-state index < -0.39 is 18.0 Å². The Morgan fingerprint density at radius 3 is 2.81 bits per heavy atom. The van der Waals surface area contributed by atoms with Crippen molar-refractivity contribution in [3.63, 3.8) is 0 Å². The number of ether oxygens (including phenoxy) is 4. The number of alkyl carbamates (subject to hydrolysis) is 1. The van der Waals surface area contributed by atoms with Gasteiger partial charge in [-0.3, -0.25) is 0 Å². The Morgan fingerprint density at radius 1 is 1.30 bits per heavy atom. The lowest BCUT2D eigenvalue weighted by Gasteiger charge is -2.35. The van der Waals surface area contributed by atoms with E-state index in [1.165, 1.54) is 13.3 Å². The highest BCUT2D eigenvalue weighted by molar-refractivity contribution is 5.89. The third-order valence-corrected chi connectivity index (χ3v) is 5.69. The van der Waals surface area contributed by atoms with E-state index in [-0.39, 0.29) is 23.9 Å². The highest BCUT2D eigenvalue weighted by atomic mass is 16.7. The largest absolute Gasteiger partial charge is 0.462 e. The van der Waals surface area contributed by atoms with Gasteiger partial charge >= 0.3 is 12.1 Å². The zero-order chi connectivity index (χ0) is 19.0. The monoisotopic (exact) mass is 373 g/mol. The van der Waals surface area contributed by atoms with Crippen LogP contribution in [-0.2, 0) is 30.2 Å². The number of carbonyl (C=O) groups excluding carboxylic acids is 2. The number of esters is 1. The van der Waals surface area contributed by atoms with Crippen molar-refractivity contribution in [1.29, 1.82) is 0 Å². The summed E-state index contributed by atoms with van der Waals surface area (Å²) in [4.78, 5) is 24.2. The number of benzene rings is 1. The van der Waals surface area contributed by atoms with E-state index in [1.807, 2.05) is 37.3 Å². The van der Waals surface area contributed by atoms with Crippen molar-refractivity contribution < 1.29 is 28.5 Å². The molecule has 0 aromatic heterocycles. The molecule has 0 unspecified atom stereocenters. The van der Waals surface area contributed by atoms with Gasteiger partial charge in [-0.05, 0) is 18.9 Å². The molecule has 2 aliphatic heterocycles. The summed E-state index contributed by atoms with van der Waals surface area (Å²) in [6.07, 6.45) is 1.42. The van der Waals surface area contributed by atoms with Crippen LogP contribution in [0.1, 0.15) is 18.9 Å². The molecule has 2 heterocycles. The third kappa shape index (κ3) is 3.27. The molecule has 144 valence electrons. The Balaban J connectivity index is 1.42. The molecule has 5 atom stereocenters. The van der Waals surface area contributed by atoms with Crippen LogP contribution in [0.2, 0.25) is 0 Å². The number of hydrogen-bond donors (Lipinski definition) is 1. The molecule has 1 aliphatic carbocycles. The number of fused-ring (bicyclic) bond motifs is 3. The number of nitrogens with one attached hydrogen (secondary N) is 1. The van der Waals surface area contributed by atoms with Gasteiger partial charge in [0.15, 0.2) is 0 Å². The molecule has 0 radical (unpaired) electrons. The third-order valence-electron chi connectivity index (χ3n) is 5.69. The van der Waals surface area contributed by atoms with Crippen LogP contribution in [0.25, 0.3) is 0 Å². The maximum atomic E-state index is 12.6. The molecule has 3 aliphatic rings. The second kappa shape index (κ2) is 6.88. The molecule has 0 spiro atoms. The van der Waals surface area contributed by atoms with Crippen LogP contribution in [-0.4, -0.2) is 43.7 Å². The van der Waals surface area contributed by atoms with Gasteiger partial charge in [0.05, 0.1) is 30.5 Å². The lowest BCUT2D eigenvalue weighted by Crippen LogP contribution is -2.44. The topological polar surface area (TPSA) is 86.4 Å². The summed E-state index contributed by atoms with van der Waals surface area (Å²) in [5.41, 5.74) is 1.16. The van der Waals surface area contributed by atoms with Crippen molar-refractivity contribution in [3.05, 3.63) is 47.7 Å². The predicted octanol–water partition coefficient (Wildman–Crippen LogP) is 2.16. The molecule has 1 saturated heterocycles. The standard InChI is InChI=1S/C20H23NO6/c1-20-15(27-20)10-13-14(11-25-18(16(13)20)26-19(23)21-2)17(22)24-9-8-12-6-4-3-5-7-12/h3-7,11,13,15-16,18H,8-10H2,1-2H3,(H,21,23)/t13-,15+,16+,18+,20+/m1/s1. The van der Waals surface area contributed by atoms with Gasteiger partial charge in [-0.1, -0.05) is 30.3 Å². The van der Waals surface area contributed by atoms with Crippen molar-refractivity contribution in [2.75, 3.05) is 13.7 Å². The van der Waals surface area contributed by atoms with E-state index >= 15 is 0 Å². The van der Waals surface area contributed by atoms with Crippen molar-refractivity contribution in [1.82, 2.24) is 5.32 Å². The van der Waals surface area contributed by atoms with Crippen molar-refractivity contribution in [3.8, 4) is 0 Å². The normalized spacial score (nSPS) is 33.0. The molecule has 1 saturated carbocycles. The fourth-order valence-electron chi connectivity index (χ4n) is 4.17. The first-order chi connectivity index (χ1) is 13.0. The fraction of sp³-hybridized carbons (Fsp3) is 0.500. The molecule has 4 rings (SSSR count). The van der Waals surface area contributed by atoms with Crippen molar-refractivity contribution in [2.45, 2.75) is 37.8 Å². The van der Waals surface area contributed by atoms with E-state index in [4.69, 9.17) is 18.9 Å². The van der Waals surface area contributed by atoms with Crippen LogP contribution in [0.15, 0.2) is 42.2 Å². The minimum absolute atomic E-state index is 0.0468. The molecule has 7 nitrogen and oxygen atoms in total. The first kappa shape index (κ1) is 17.9. The van der Waals surface area contributed by atoms with Crippen LogP contribution < -0.4 is 5.32 Å². The molecule has 7 heteroatoms. The van der Waals surface area contributed by atoms with Gasteiger partial charge in [0.25, 0.3) is 6.29 Å². The summed E-state index contributed by atoms with van der Waals surface area (Å²) in [5.74, 6) is -0.730. The molecule has 2 fully saturated rings. The molecule has 1 aromatic rings. The highest BCUT2D eigenvalue weighted by Gasteiger charge is 2.71. The van der Waals surface area contributed by atoms with Crippen LogP contribution in [0.4, 0.5) is 4.79 Å². The summed E-state index contributed by atoms with van der Waals surface area (Å²) in [7, 11) is 1.49. The number of epoxide rings is 1. The van der Waals surface area contributed by atoms with Gasteiger partial charge < -0.3 is 24.3 Å². The second-order valence-electron chi connectivity index (χ2n) is 7.26. The smallest absolute Gasteiger partial charge is 0.409 e. The molecule has 1 amide bonds. The Kier molecular flexibility index (Phi) is 4.55. The average molecular weight is 373 g/mol. The minimum Gasteiger partial charge on any atom is -0.462 e. The Labute approximate surface area is 157 Å². The van der Waals surface area contributed by atoms with Gasteiger partial charge in [-0.25, -0.2) is 9.59 Å². The summed E-state index contributed by atoms with van der Waals surface area (Å²) in [6, 6.07) is 9.85. The molecular formula is C20H23NO6.